The summed E-state index contributed by atoms with van der Waals surface area (Å²) in [5.74, 6) is -1.07. The van der Waals surface area contributed by atoms with Crippen LogP contribution in [0, 0.1) is 5.92 Å². The van der Waals surface area contributed by atoms with Gasteiger partial charge in [0.05, 0.1) is 25.8 Å². The maximum atomic E-state index is 12.6. The molecule has 2 saturated heterocycles. The van der Waals surface area contributed by atoms with Gasteiger partial charge in [-0.25, -0.2) is 9.59 Å². The van der Waals surface area contributed by atoms with Gasteiger partial charge in [0.1, 0.15) is 17.7 Å². The molecule has 0 radical (unpaired) electrons. The van der Waals surface area contributed by atoms with Crippen LogP contribution in [0.25, 0.3) is 0 Å². The summed E-state index contributed by atoms with van der Waals surface area (Å²) in [7, 11) is 1.26. The number of rotatable bonds is 3. The molecular weight excluding hydrogens is 316 g/mol. The van der Waals surface area contributed by atoms with Crippen molar-refractivity contribution in [2.75, 3.05) is 13.7 Å². The van der Waals surface area contributed by atoms with Crippen LogP contribution in [-0.2, 0) is 19.1 Å². The summed E-state index contributed by atoms with van der Waals surface area (Å²) < 4.78 is 10.1. The summed E-state index contributed by atoms with van der Waals surface area (Å²) in [5, 5.41) is 10.3. The number of aliphatic hydroxyl groups is 1. The third-order valence-corrected chi connectivity index (χ3v) is 4.27. The molecule has 8 nitrogen and oxygen atoms in total. The maximum Gasteiger partial charge on any atom is 0.411 e. The maximum absolute atomic E-state index is 12.6. The number of β-amino-alcohol motifs (C(OH)–C–C–N with tert-alkyl or cyclic N) is 1. The number of hydrogen-bond donors (Lipinski definition) is 1. The molecule has 8 heteroatoms. The van der Waals surface area contributed by atoms with Gasteiger partial charge in [-0.1, -0.05) is 13.8 Å². The number of carbonyl (C=O) groups excluding carboxylic acids is 3. The van der Waals surface area contributed by atoms with Gasteiger partial charge >= 0.3 is 12.1 Å². The molecule has 0 spiro atoms. The van der Waals surface area contributed by atoms with Gasteiger partial charge in [0.25, 0.3) is 0 Å². The molecule has 0 aliphatic carbocycles. The van der Waals surface area contributed by atoms with E-state index in [4.69, 9.17) is 9.47 Å². The molecule has 0 bridgehead atoms. The van der Waals surface area contributed by atoms with Gasteiger partial charge < -0.3 is 19.5 Å². The van der Waals surface area contributed by atoms with Crippen molar-refractivity contribution in [3.8, 4) is 0 Å². The van der Waals surface area contributed by atoms with E-state index in [0.717, 1.165) is 0 Å². The van der Waals surface area contributed by atoms with Gasteiger partial charge in [-0.05, 0) is 26.7 Å². The molecule has 2 aliphatic rings. The smallest absolute Gasteiger partial charge is 0.411 e. The first-order chi connectivity index (χ1) is 11.0. The van der Waals surface area contributed by atoms with Crippen LogP contribution in [0.5, 0.6) is 0 Å². The van der Waals surface area contributed by atoms with Gasteiger partial charge in [0.2, 0.25) is 5.91 Å². The molecule has 0 unspecified atom stereocenters. The van der Waals surface area contributed by atoms with Crippen molar-refractivity contribution in [1.29, 1.82) is 0 Å². The van der Waals surface area contributed by atoms with Crippen molar-refractivity contribution in [2.45, 2.75) is 64.4 Å². The van der Waals surface area contributed by atoms with E-state index >= 15 is 0 Å². The molecule has 0 aromatic heterocycles. The minimum Gasteiger partial charge on any atom is -0.467 e. The summed E-state index contributed by atoms with van der Waals surface area (Å²) in [5.41, 5.74) is -0.695. The molecule has 2 heterocycles. The van der Waals surface area contributed by atoms with Crippen LogP contribution in [0.2, 0.25) is 0 Å². The molecule has 2 rings (SSSR count). The number of nitrogens with zero attached hydrogens (tertiary/aromatic N) is 2. The number of carbonyl (C=O) groups is 3. The van der Waals surface area contributed by atoms with E-state index in [-0.39, 0.29) is 18.4 Å². The minimum absolute atomic E-state index is 0.00151. The average Bonchev–Trinajstić information content (AvgIpc) is 2.75. The molecule has 0 saturated carbocycles. The predicted octanol–water partition coefficient (Wildman–Crippen LogP) is 0.375. The van der Waals surface area contributed by atoms with Crippen LogP contribution in [0.4, 0.5) is 4.79 Å². The average molecular weight is 342 g/mol. The topological polar surface area (TPSA) is 96.4 Å². The molecule has 0 aromatic carbocycles. The number of β-lactam (4-membered cyclic amide) rings is 1. The Morgan fingerprint density at radius 3 is 2.33 bits per heavy atom. The van der Waals surface area contributed by atoms with Crippen molar-refractivity contribution in [3.63, 3.8) is 0 Å². The molecule has 24 heavy (non-hydrogen) atoms. The Morgan fingerprint density at radius 2 is 1.88 bits per heavy atom. The monoisotopic (exact) mass is 342 g/mol. The van der Waals surface area contributed by atoms with E-state index in [0.29, 0.717) is 0 Å². The molecule has 0 aromatic rings. The zero-order valence-electron chi connectivity index (χ0n) is 15.0. The van der Waals surface area contributed by atoms with Gasteiger partial charge in [-0.3, -0.25) is 9.69 Å². The highest BCUT2D eigenvalue weighted by molar-refractivity contribution is 5.97. The highest BCUT2D eigenvalue weighted by Crippen LogP contribution is 2.38. The van der Waals surface area contributed by atoms with Crippen molar-refractivity contribution in [2.24, 2.45) is 5.92 Å². The quantitative estimate of drug-likeness (QED) is 0.588. The fraction of sp³-hybridized carbons (Fsp3) is 0.812. The first-order valence-corrected chi connectivity index (χ1v) is 8.07. The summed E-state index contributed by atoms with van der Waals surface area (Å²) in [6.45, 7) is 8.80. The van der Waals surface area contributed by atoms with E-state index in [1.54, 1.807) is 34.6 Å². The molecule has 136 valence electrons. The summed E-state index contributed by atoms with van der Waals surface area (Å²) in [6.07, 6.45) is -1.56. The highest BCUT2D eigenvalue weighted by atomic mass is 16.6. The largest absolute Gasteiger partial charge is 0.467 e. The van der Waals surface area contributed by atoms with Gasteiger partial charge in [-0.15, -0.1) is 0 Å². The van der Waals surface area contributed by atoms with Gasteiger partial charge in [-0.2, -0.15) is 0 Å². The molecule has 2 aliphatic heterocycles. The Balaban J connectivity index is 2.20. The number of amides is 2. The Bertz CT molecular complexity index is 541. The minimum atomic E-state index is -0.925. The van der Waals surface area contributed by atoms with Crippen LogP contribution < -0.4 is 0 Å². The second-order valence-corrected chi connectivity index (χ2v) is 7.59. The summed E-state index contributed by atoms with van der Waals surface area (Å²) >= 11 is 0. The molecule has 1 N–H and O–H groups in total. The van der Waals surface area contributed by atoms with Crippen LogP contribution in [-0.4, -0.2) is 76.4 Å². The number of esters is 1. The van der Waals surface area contributed by atoms with Crippen molar-refractivity contribution >= 4 is 18.0 Å². The highest BCUT2D eigenvalue weighted by Gasteiger charge is 2.63. The molecule has 2 fully saturated rings. The van der Waals surface area contributed by atoms with Crippen molar-refractivity contribution < 1.29 is 29.0 Å². The van der Waals surface area contributed by atoms with E-state index in [9.17, 15) is 19.5 Å². The second-order valence-electron chi connectivity index (χ2n) is 7.59. The van der Waals surface area contributed by atoms with E-state index in [1.807, 2.05) is 0 Å². The predicted molar refractivity (Wildman–Crippen MR) is 84.0 cm³/mol. The fourth-order valence-corrected chi connectivity index (χ4v) is 3.31. The molecule has 2 amide bonds. The van der Waals surface area contributed by atoms with Crippen LogP contribution in [0.3, 0.4) is 0 Å². The Hall–Kier alpha value is -1.83. The second kappa shape index (κ2) is 6.23. The first kappa shape index (κ1) is 18.5. The Kier molecular flexibility index (Phi) is 4.81. The van der Waals surface area contributed by atoms with Gasteiger partial charge in [0, 0.05) is 0 Å². The molecule has 4 atom stereocenters. The first-order valence-electron chi connectivity index (χ1n) is 8.07. The Labute approximate surface area is 141 Å². The van der Waals surface area contributed by atoms with E-state index in [1.165, 1.54) is 16.9 Å². The van der Waals surface area contributed by atoms with Crippen molar-refractivity contribution in [3.05, 3.63) is 0 Å². The SMILES string of the molecule is COC(=O)[C@H](C(C)C)N1C(=O)[C@H]2[C@@H]1[C@H](O)CN2C(=O)OC(C)(C)C. The van der Waals surface area contributed by atoms with Crippen LogP contribution in [0.1, 0.15) is 34.6 Å². The third kappa shape index (κ3) is 3.07. The normalized spacial score (nSPS) is 27.7. The zero-order valence-corrected chi connectivity index (χ0v) is 15.0. The van der Waals surface area contributed by atoms with Crippen LogP contribution >= 0.6 is 0 Å². The number of aliphatic hydroxyl groups excluding tert-OH is 1. The summed E-state index contributed by atoms with van der Waals surface area (Å²) in [4.78, 5) is 39.5. The lowest BCUT2D eigenvalue weighted by Crippen LogP contribution is -2.73. The molecular formula is C16H26N2O6. The van der Waals surface area contributed by atoms with Gasteiger partial charge in [0.15, 0.2) is 0 Å². The lowest BCUT2D eigenvalue weighted by atomic mass is 9.88. The fourth-order valence-electron chi connectivity index (χ4n) is 3.31. The zero-order chi connectivity index (χ0) is 18.4. The summed E-state index contributed by atoms with van der Waals surface area (Å²) in [6, 6.07) is -2.19. The number of hydrogen-bond acceptors (Lipinski definition) is 6. The lowest BCUT2D eigenvalue weighted by molar-refractivity contribution is -0.173. The number of methoxy groups -OCH3 is 1. The third-order valence-electron chi connectivity index (χ3n) is 4.27. The lowest BCUT2D eigenvalue weighted by Gasteiger charge is -2.49. The standard InChI is InChI=1S/C16H26N2O6/c1-8(2)10(14(21)23-6)18-11-9(19)7-17(12(11)13(18)20)15(22)24-16(3,4)5/h8-12,19H,7H2,1-6H3/t9-,10+,11+,12-/m1/s1. The van der Waals surface area contributed by atoms with Crippen molar-refractivity contribution in [1.82, 2.24) is 9.80 Å². The van der Waals surface area contributed by atoms with E-state index in [2.05, 4.69) is 0 Å². The number of fused-ring (bicyclic) bond motifs is 1. The number of likely N-dealkylation sites (tertiary alicyclic amines) is 2. The van der Waals surface area contributed by atoms with E-state index < -0.39 is 41.9 Å². The number of ether oxygens (including phenoxy) is 2. The van der Waals surface area contributed by atoms with Crippen LogP contribution in [0.15, 0.2) is 0 Å². The Morgan fingerprint density at radius 1 is 1.29 bits per heavy atom.